The Morgan fingerprint density at radius 1 is 1.41 bits per heavy atom. The molecule has 29 heavy (non-hydrogen) atoms. The summed E-state index contributed by atoms with van der Waals surface area (Å²) in [6, 6.07) is 3.58. The maximum absolute atomic E-state index is 12.5. The van der Waals surface area contributed by atoms with Crippen molar-refractivity contribution in [2.75, 3.05) is 17.7 Å². The first-order valence-electron chi connectivity index (χ1n) is 9.22. The fourth-order valence-corrected chi connectivity index (χ4v) is 4.68. The number of carbonyl (C=O) groups is 2. The number of nitrogens with one attached hydrogen (secondary N) is 1. The second-order valence-corrected chi connectivity index (χ2v) is 8.39. The summed E-state index contributed by atoms with van der Waals surface area (Å²) in [6.45, 7) is 2.07. The molecule has 152 valence electrons. The molecule has 0 aromatic carbocycles. The Labute approximate surface area is 175 Å². The fraction of sp³-hybridized carbons (Fsp3) is 0.368. The molecule has 3 heterocycles. The van der Waals surface area contributed by atoms with E-state index < -0.39 is 0 Å². The van der Waals surface area contributed by atoms with Gasteiger partial charge < -0.3 is 19.0 Å². The van der Waals surface area contributed by atoms with E-state index in [4.69, 9.17) is 9.15 Å². The monoisotopic (exact) mass is 432 g/mol. The molecule has 1 saturated carbocycles. The topological polar surface area (TPSA) is 99.2 Å². The summed E-state index contributed by atoms with van der Waals surface area (Å²) in [6.07, 6.45) is 3.70. The Hall–Kier alpha value is -2.59. The van der Waals surface area contributed by atoms with E-state index in [2.05, 4.69) is 15.5 Å². The van der Waals surface area contributed by atoms with Gasteiger partial charge in [0.25, 0.3) is 0 Å². The van der Waals surface area contributed by atoms with Gasteiger partial charge in [0.15, 0.2) is 16.7 Å². The molecule has 1 amide bonds. The average molecular weight is 433 g/mol. The zero-order valence-electron chi connectivity index (χ0n) is 16.0. The van der Waals surface area contributed by atoms with Crippen LogP contribution in [0, 0.1) is 0 Å². The molecule has 1 fully saturated rings. The van der Waals surface area contributed by atoms with Crippen molar-refractivity contribution in [2.24, 2.45) is 7.05 Å². The normalized spacial score (nSPS) is 13.4. The van der Waals surface area contributed by atoms with E-state index in [1.807, 2.05) is 12.4 Å². The van der Waals surface area contributed by atoms with E-state index >= 15 is 0 Å². The molecule has 1 N–H and O–H groups in total. The Balaban J connectivity index is 1.42. The Bertz CT molecular complexity index is 1020. The van der Waals surface area contributed by atoms with Crippen molar-refractivity contribution in [1.82, 2.24) is 14.8 Å². The minimum absolute atomic E-state index is 0.142. The number of ether oxygens (including phenoxy) is 1. The summed E-state index contributed by atoms with van der Waals surface area (Å²) in [5.74, 6) is 1.14. The molecule has 10 heteroatoms. The lowest BCUT2D eigenvalue weighted by atomic mass is 10.1. The number of nitrogens with zero attached hydrogens (tertiary/aromatic N) is 3. The van der Waals surface area contributed by atoms with Gasteiger partial charge in [-0.25, -0.2) is 4.79 Å². The predicted molar refractivity (Wildman–Crippen MR) is 110 cm³/mol. The number of hydrogen-bond donors (Lipinski definition) is 1. The molecule has 0 bridgehead atoms. The predicted octanol–water partition coefficient (Wildman–Crippen LogP) is 3.92. The number of esters is 1. The number of thioether (sulfide) groups is 1. The molecule has 0 aliphatic heterocycles. The number of furan rings is 1. The van der Waals surface area contributed by atoms with Crippen LogP contribution < -0.4 is 5.32 Å². The molecule has 0 spiro atoms. The van der Waals surface area contributed by atoms with Crippen LogP contribution in [0.2, 0.25) is 0 Å². The van der Waals surface area contributed by atoms with Gasteiger partial charge in [-0.1, -0.05) is 11.8 Å². The first-order valence-corrected chi connectivity index (χ1v) is 11.1. The highest BCUT2D eigenvalue weighted by Gasteiger charge is 2.32. The van der Waals surface area contributed by atoms with Crippen LogP contribution in [0.25, 0.3) is 11.6 Å². The van der Waals surface area contributed by atoms with Gasteiger partial charge in [0.1, 0.15) is 5.00 Å². The lowest BCUT2D eigenvalue weighted by molar-refractivity contribution is -0.113. The summed E-state index contributed by atoms with van der Waals surface area (Å²) in [7, 11) is 1.82. The van der Waals surface area contributed by atoms with Crippen LogP contribution in [0.4, 0.5) is 5.00 Å². The summed E-state index contributed by atoms with van der Waals surface area (Å²) >= 11 is 2.63. The van der Waals surface area contributed by atoms with Crippen molar-refractivity contribution in [3.8, 4) is 11.6 Å². The van der Waals surface area contributed by atoms with Gasteiger partial charge in [-0.2, -0.15) is 0 Å². The van der Waals surface area contributed by atoms with Gasteiger partial charge in [-0.15, -0.1) is 21.5 Å². The van der Waals surface area contributed by atoms with Gasteiger partial charge in [0.05, 0.1) is 24.2 Å². The second kappa shape index (κ2) is 8.42. The summed E-state index contributed by atoms with van der Waals surface area (Å²) in [4.78, 5) is 24.9. The molecule has 0 saturated heterocycles. The zero-order chi connectivity index (χ0) is 20.4. The zero-order valence-corrected chi connectivity index (χ0v) is 17.6. The van der Waals surface area contributed by atoms with Crippen LogP contribution in [0.3, 0.4) is 0 Å². The van der Waals surface area contributed by atoms with E-state index in [1.165, 1.54) is 23.1 Å². The number of aromatic nitrogens is 3. The van der Waals surface area contributed by atoms with Gasteiger partial charge in [-0.05, 0) is 48.8 Å². The van der Waals surface area contributed by atoms with Gasteiger partial charge in [-0.3, -0.25) is 4.79 Å². The largest absolute Gasteiger partial charge is 0.462 e. The van der Waals surface area contributed by atoms with Crippen molar-refractivity contribution >= 4 is 40.0 Å². The molecular weight excluding hydrogens is 412 g/mol. The number of anilines is 1. The number of carbonyl (C=O) groups excluding carboxylic acids is 2. The first kappa shape index (κ1) is 19.7. The van der Waals surface area contributed by atoms with Gasteiger partial charge >= 0.3 is 5.97 Å². The third kappa shape index (κ3) is 4.23. The highest BCUT2D eigenvalue weighted by atomic mass is 32.2. The van der Waals surface area contributed by atoms with Crippen molar-refractivity contribution in [2.45, 2.75) is 30.8 Å². The summed E-state index contributed by atoms with van der Waals surface area (Å²) in [5, 5.41) is 14.2. The SMILES string of the molecule is CCOC(=O)c1c(C2CC2)csc1NC(=O)CSc1nnc(-c2ccco2)n1C. The average Bonchev–Trinajstić information content (AvgIpc) is 3.09. The maximum Gasteiger partial charge on any atom is 0.341 e. The molecule has 1 aliphatic rings. The molecular formula is C19H20N4O4S2. The van der Waals surface area contributed by atoms with Gasteiger partial charge in [0, 0.05) is 7.05 Å². The minimum Gasteiger partial charge on any atom is -0.462 e. The fourth-order valence-electron chi connectivity index (χ4n) is 2.93. The smallest absolute Gasteiger partial charge is 0.341 e. The Kier molecular flexibility index (Phi) is 5.72. The standard InChI is InChI=1S/C19H20N4O4S2/c1-3-26-18(25)15-12(11-6-7-11)9-28-17(15)20-14(24)10-29-19-22-21-16(23(19)2)13-5-4-8-27-13/h4-5,8-9,11H,3,6-7,10H2,1-2H3,(H,20,24). The molecule has 0 atom stereocenters. The number of amides is 1. The number of hydrogen-bond acceptors (Lipinski definition) is 8. The van der Waals surface area contributed by atoms with E-state index in [-0.39, 0.29) is 17.6 Å². The lowest BCUT2D eigenvalue weighted by Gasteiger charge is -2.08. The van der Waals surface area contributed by atoms with Crippen LogP contribution in [-0.2, 0) is 16.6 Å². The molecule has 0 unspecified atom stereocenters. The Morgan fingerprint density at radius 3 is 2.93 bits per heavy atom. The minimum atomic E-state index is -0.380. The van der Waals surface area contributed by atoms with Crippen LogP contribution >= 0.6 is 23.1 Å². The molecule has 3 aromatic heterocycles. The Morgan fingerprint density at radius 2 is 2.24 bits per heavy atom. The molecule has 1 aliphatic carbocycles. The first-order chi connectivity index (χ1) is 14.1. The number of thiophene rings is 1. The van der Waals surface area contributed by atoms with Crippen molar-refractivity contribution in [3.05, 3.63) is 34.9 Å². The maximum atomic E-state index is 12.5. The third-order valence-electron chi connectivity index (χ3n) is 4.48. The van der Waals surface area contributed by atoms with Crippen molar-refractivity contribution < 1.29 is 18.7 Å². The molecule has 4 rings (SSSR count). The molecule has 0 radical (unpaired) electrons. The highest BCUT2D eigenvalue weighted by molar-refractivity contribution is 7.99. The quantitative estimate of drug-likeness (QED) is 0.425. The molecule has 3 aromatic rings. The van der Waals surface area contributed by atoms with Crippen molar-refractivity contribution in [3.63, 3.8) is 0 Å². The van der Waals surface area contributed by atoms with E-state index in [0.717, 1.165) is 18.4 Å². The highest BCUT2D eigenvalue weighted by Crippen LogP contribution is 2.46. The van der Waals surface area contributed by atoms with Crippen LogP contribution in [-0.4, -0.2) is 39.0 Å². The lowest BCUT2D eigenvalue weighted by Crippen LogP contribution is -2.17. The van der Waals surface area contributed by atoms with E-state index in [9.17, 15) is 9.59 Å². The van der Waals surface area contributed by atoms with Crippen LogP contribution in [0.1, 0.15) is 41.6 Å². The van der Waals surface area contributed by atoms with E-state index in [1.54, 1.807) is 29.9 Å². The van der Waals surface area contributed by atoms with E-state index in [0.29, 0.717) is 39.8 Å². The molecule has 8 nitrogen and oxygen atoms in total. The van der Waals surface area contributed by atoms with Crippen molar-refractivity contribution in [1.29, 1.82) is 0 Å². The second-order valence-electron chi connectivity index (χ2n) is 6.57. The summed E-state index contributed by atoms with van der Waals surface area (Å²) in [5.41, 5.74) is 1.48. The summed E-state index contributed by atoms with van der Waals surface area (Å²) < 4.78 is 12.3. The third-order valence-corrected chi connectivity index (χ3v) is 6.41. The number of rotatable bonds is 8. The van der Waals surface area contributed by atoms with Gasteiger partial charge in [0.2, 0.25) is 5.91 Å². The van der Waals surface area contributed by atoms with Crippen LogP contribution in [0.15, 0.2) is 33.3 Å². The van der Waals surface area contributed by atoms with Crippen LogP contribution in [0.5, 0.6) is 0 Å².